The van der Waals surface area contributed by atoms with Crippen LogP contribution in [0, 0.1) is 5.92 Å². The number of hydrogen-bond acceptors (Lipinski definition) is 5. The summed E-state index contributed by atoms with van der Waals surface area (Å²) in [7, 11) is 0. The molecule has 1 rings (SSSR count). The Kier molecular flexibility index (Phi) is 5.14. The van der Waals surface area contributed by atoms with Crippen molar-refractivity contribution in [3.63, 3.8) is 0 Å². The second-order valence-corrected chi connectivity index (χ2v) is 7.93. The van der Waals surface area contributed by atoms with E-state index in [1.54, 1.807) is 6.07 Å². The highest BCUT2D eigenvalue weighted by Gasteiger charge is 2.26. The van der Waals surface area contributed by atoms with Crippen molar-refractivity contribution in [2.24, 2.45) is 5.92 Å². The molecular weight excluding hydrogens is 296 g/mol. The smallest absolute Gasteiger partial charge is 0.122 e. The molecular formula is C18H24O5-2. The van der Waals surface area contributed by atoms with Crippen molar-refractivity contribution in [1.29, 1.82) is 0 Å². The minimum atomic E-state index is -1.80. The highest BCUT2D eigenvalue weighted by atomic mass is 16.4. The molecule has 128 valence electrons. The molecule has 0 atom stereocenters. The van der Waals surface area contributed by atoms with Crippen LogP contribution in [-0.2, 0) is 26.8 Å². The highest BCUT2D eigenvalue weighted by Crippen LogP contribution is 2.38. The van der Waals surface area contributed by atoms with Gasteiger partial charge in [-0.3, -0.25) is 0 Å². The van der Waals surface area contributed by atoms with E-state index >= 15 is 0 Å². The first-order valence-corrected chi connectivity index (χ1v) is 7.53. The fourth-order valence-corrected chi connectivity index (χ4v) is 2.34. The highest BCUT2D eigenvalue weighted by molar-refractivity contribution is 5.91. The van der Waals surface area contributed by atoms with E-state index in [2.05, 4.69) is 0 Å². The van der Waals surface area contributed by atoms with E-state index in [1.807, 2.05) is 47.6 Å². The summed E-state index contributed by atoms with van der Waals surface area (Å²) in [4.78, 5) is 22.0. The van der Waals surface area contributed by atoms with Gasteiger partial charge in [-0.05, 0) is 33.9 Å². The minimum Gasteiger partial charge on any atom is -0.549 e. The van der Waals surface area contributed by atoms with Crippen LogP contribution in [0.3, 0.4) is 0 Å². The van der Waals surface area contributed by atoms with Gasteiger partial charge < -0.3 is 24.9 Å². The first kappa shape index (κ1) is 19.0. The Morgan fingerprint density at radius 2 is 1.48 bits per heavy atom. The predicted octanol–water partition coefficient (Wildman–Crippen LogP) is 0.646. The van der Waals surface area contributed by atoms with Crippen molar-refractivity contribution in [3.8, 4) is 5.75 Å². The molecule has 0 unspecified atom stereocenters. The zero-order valence-electron chi connectivity index (χ0n) is 14.5. The van der Waals surface area contributed by atoms with Gasteiger partial charge in [0.1, 0.15) is 5.75 Å². The fourth-order valence-electron chi connectivity index (χ4n) is 2.34. The summed E-state index contributed by atoms with van der Waals surface area (Å²) >= 11 is 0. The van der Waals surface area contributed by atoms with Gasteiger partial charge in [0, 0.05) is 5.92 Å². The van der Waals surface area contributed by atoms with Crippen LogP contribution in [0.15, 0.2) is 12.1 Å². The maximum atomic E-state index is 11.0. The Bertz CT molecular complexity index is 604. The summed E-state index contributed by atoms with van der Waals surface area (Å²) in [6, 6.07) is 3.54. The molecule has 23 heavy (non-hydrogen) atoms. The van der Waals surface area contributed by atoms with Gasteiger partial charge in [0.25, 0.3) is 0 Å². The third-order valence-corrected chi connectivity index (χ3v) is 3.86. The van der Waals surface area contributed by atoms with Crippen molar-refractivity contribution < 1.29 is 24.9 Å². The molecule has 0 saturated heterocycles. The third-order valence-electron chi connectivity index (χ3n) is 3.86. The van der Waals surface area contributed by atoms with Crippen LogP contribution in [0.5, 0.6) is 5.75 Å². The summed E-state index contributed by atoms with van der Waals surface area (Å²) < 4.78 is 0. The Hall–Kier alpha value is -2.04. The molecule has 0 aliphatic rings. The lowest BCUT2D eigenvalue weighted by Crippen LogP contribution is -2.44. The number of benzene rings is 1. The van der Waals surface area contributed by atoms with E-state index in [0.29, 0.717) is 5.56 Å². The number of aliphatic carboxylic acids is 2. The molecule has 1 aromatic carbocycles. The van der Waals surface area contributed by atoms with Crippen molar-refractivity contribution in [3.05, 3.63) is 28.8 Å². The molecule has 5 heteroatoms. The zero-order chi connectivity index (χ0) is 18.2. The first-order chi connectivity index (χ1) is 10.2. The Labute approximate surface area is 137 Å². The summed E-state index contributed by atoms with van der Waals surface area (Å²) in [5.74, 6) is -5.31. The van der Waals surface area contributed by atoms with Gasteiger partial charge in [0.2, 0.25) is 0 Å². The van der Waals surface area contributed by atoms with Gasteiger partial charge in [-0.25, -0.2) is 0 Å². The number of phenolic OH excluding ortho intramolecular Hbond substituents is 1. The SMILES string of the molecule is CC(C)(C)c1cc(CC(C(=O)[O-])C(=O)[O-])c(O)c(C(C)(C)C)c1. The topological polar surface area (TPSA) is 100 Å². The van der Waals surface area contributed by atoms with Crippen molar-refractivity contribution >= 4 is 11.9 Å². The molecule has 1 aromatic rings. The Morgan fingerprint density at radius 1 is 1.00 bits per heavy atom. The van der Waals surface area contributed by atoms with E-state index in [4.69, 9.17) is 0 Å². The second kappa shape index (κ2) is 6.22. The van der Waals surface area contributed by atoms with Gasteiger partial charge in [-0.1, -0.05) is 53.7 Å². The number of rotatable bonds is 4. The standard InChI is InChI=1S/C18H26O5/c1-17(2,3)11-7-10(8-12(15(20)21)16(22)23)14(19)13(9-11)18(4,5)6/h7,9,12,19H,8H2,1-6H3,(H,20,21)(H,22,23)/p-2. The molecule has 1 N–H and O–H groups in total. The zero-order valence-corrected chi connectivity index (χ0v) is 14.5. The third kappa shape index (κ3) is 4.47. The number of aromatic hydroxyl groups is 1. The quantitative estimate of drug-likeness (QED) is 0.821. The van der Waals surface area contributed by atoms with Crippen LogP contribution >= 0.6 is 0 Å². The number of carboxylic acid groups (broad SMARTS) is 2. The number of carbonyl (C=O) groups is 2. The molecule has 0 radical (unpaired) electrons. The van der Waals surface area contributed by atoms with Crippen LogP contribution in [0.2, 0.25) is 0 Å². The predicted molar refractivity (Wildman–Crippen MR) is 82.7 cm³/mol. The van der Waals surface area contributed by atoms with Gasteiger partial charge >= 0.3 is 0 Å². The molecule has 0 aliphatic heterocycles. The largest absolute Gasteiger partial charge is 0.549 e. The van der Waals surface area contributed by atoms with E-state index in [9.17, 15) is 24.9 Å². The second-order valence-electron chi connectivity index (χ2n) is 7.93. The molecule has 0 bridgehead atoms. The fraction of sp³-hybridized carbons (Fsp3) is 0.556. The van der Waals surface area contributed by atoms with E-state index in [1.165, 1.54) is 0 Å². The molecule has 0 amide bonds. The lowest BCUT2D eigenvalue weighted by atomic mass is 9.78. The Balaban J connectivity index is 3.52. The average Bonchev–Trinajstić information content (AvgIpc) is 2.33. The minimum absolute atomic E-state index is 0.0713. The van der Waals surface area contributed by atoms with Gasteiger partial charge in [0.05, 0.1) is 11.9 Å². The van der Waals surface area contributed by atoms with Crippen LogP contribution in [0.4, 0.5) is 0 Å². The lowest BCUT2D eigenvalue weighted by Gasteiger charge is -2.29. The van der Waals surface area contributed by atoms with E-state index < -0.39 is 17.9 Å². The van der Waals surface area contributed by atoms with Gasteiger partial charge in [-0.15, -0.1) is 0 Å². The van der Waals surface area contributed by atoms with E-state index in [-0.39, 0.29) is 28.6 Å². The molecule has 0 aliphatic carbocycles. The molecule has 0 spiro atoms. The van der Waals surface area contributed by atoms with Crippen LogP contribution in [-0.4, -0.2) is 17.0 Å². The monoisotopic (exact) mass is 320 g/mol. The number of carbonyl (C=O) groups excluding carboxylic acids is 2. The molecule has 0 fully saturated rings. The van der Waals surface area contributed by atoms with Crippen LogP contribution < -0.4 is 10.2 Å². The van der Waals surface area contributed by atoms with Crippen LogP contribution in [0.1, 0.15) is 58.2 Å². The Morgan fingerprint density at radius 3 is 1.83 bits per heavy atom. The van der Waals surface area contributed by atoms with Crippen molar-refractivity contribution in [1.82, 2.24) is 0 Å². The van der Waals surface area contributed by atoms with Crippen LogP contribution in [0.25, 0.3) is 0 Å². The summed E-state index contributed by atoms with van der Waals surface area (Å²) in [5.41, 5.74) is 1.21. The summed E-state index contributed by atoms with van der Waals surface area (Å²) in [6.07, 6.45) is -0.372. The maximum Gasteiger partial charge on any atom is 0.122 e. The normalized spacial score (nSPS) is 12.5. The number of phenols is 1. The average molecular weight is 320 g/mol. The summed E-state index contributed by atoms with van der Waals surface area (Å²) in [5, 5.41) is 32.5. The number of hydrogen-bond donors (Lipinski definition) is 1. The molecule has 5 nitrogen and oxygen atoms in total. The maximum absolute atomic E-state index is 11.0. The molecule has 0 saturated carbocycles. The molecule has 0 heterocycles. The molecule has 0 aromatic heterocycles. The van der Waals surface area contributed by atoms with Gasteiger partial charge in [0.15, 0.2) is 0 Å². The van der Waals surface area contributed by atoms with Crippen molar-refractivity contribution in [2.75, 3.05) is 0 Å². The van der Waals surface area contributed by atoms with Gasteiger partial charge in [-0.2, -0.15) is 0 Å². The number of carboxylic acids is 2. The summed E-state index contributed by atoms with van der Waals surface area (Å²) in [6.45, 7) is 11.7. The first-order valence-electron chi connectivity index (χ1n) is 7.53. The van der Waals surface area contributed by atoms with E-state index in [0.717, 1.165) is 5.56 Å². The lowest BCUT2D eigenvalue weighted by molar-refractivity contribution is -0.331. The van der Waals surface area contributed by atoms with Crippen molar-refractivity contribution in [2.45, 2.75) is 58.8 Å².